The molecule has 0 saturated carbocycles. The normalized spacial score (nSPS) is 10.2. The average molecular weight is 366 g/mol. The second-order valence-corrected chi connectivity index (χ2v) is 5.63. The second-order valence-electron chi connectivity index (χ2n) is 5.22. The van der Waals surface area contributed by atoms with Crippen molar-refractivity contribution in [3.63, 3.8) is 0 Å². The smallest absolute Gasteiger partial charge is 0.344 e. The number of rotatable bonds is 7. The quantitative estimate of drug-likeness (QED) is 0.708. The number of carbonyl (C=O) groups is 2. The van der Waals surface area contributed by atoms with Crippen molar-refractivity contribution >= 4 is 23.5 Å². The van der Waals surface area contributed by atoms with Gasteiger partial charge in [0.2, 0.25) is 0 Å². The van der Waals surface area contributed by atoms with Gasteiger partial charge in [-0.15, -0.1) is 0 Å². The third-order valence-corrected chi connectivity index (χ3v) is 3.64. The number of esters is 1. The molecule has 0 aliphatic rings. The molecule has 0 aromatic heterocycles. The van der Waals surface area contributed by atoms with E-state index in [0.29, 0.717) is 16.3 Å². The first kappa shape index (κ1) is 18.7. The number of hydrogen-bond acceptors (Lipinski definition) is 4. The summed E-state index contributed by atoms with van der Waals surface area (Å²) in [7, 11) is 1.50. The molecule has 0 spiro atoms. The maximum Gasteiger partial charge on any atom is 0.344 e. The summed E-state index contributed by atoms with van der Waals surface area (Å²) in [5.41, 5.74) is 0.381. The van der Waals surface area contributed by atoms with Gasteiger partial charge in [-0.3, -0.25) is 4.79 Å². The predicted octanol–water partition coefficient (Wildman–Crippen LogP) is 3.06. The molecule has 2 rings (SSSR count). The first-order valence-electron chi connectivity index (χ1n) is 7.47. The number of benzene rings is 2. The third kappa shape index (κ3) is 5.76. The van der Waals surface area contributed by atoms with Gasteiger partial charge in [0.25, 0.3) is 5.91 Å². The largest absolute Gasteiger partial charge is 0.480 e. The number of halogens is 2. The van der Waals surface area contributed by atoms with E-state index in [1.807, 2.05) is 0 Å². The number of amides is 1. The Morgan fingerprint density at radius 2 is 1.76 bits per heavy atom. The fourth-order valence-corrected chi connectivity index (χ4v) is 2.15. The van der Waals surface area contributed by atoms with Crippen LogP contribution in [0.5, 0.6) is 5.75 Å². The second kappa shape index (κ2) is 9.03. The summed E-state index contributed by atoms with van der Waals surface area (Å²) in [6, 6.07) is 12.9. The topological polar surface area (TPSA) is 55.8 Å². The summed E-state index contributed by atoms with van der Waals surface area (Å²) >= 11 is 5.90. The van der Waals surface area contributed by atoms with Gasteiger partial charge in [0.05, 0.1) is 5.02 Å². The van der Waals surface area contributed by atoms with Crippen molar-refractivity contribution in [3.05, 3.63) is 64.9 Å². The van der Waals surface area contributed by atoms with Gasteiger partial charge in [0.15, 0.2) is 13.2 Å². The molecule has 0 N–H and O–H groups in total. The zero-order valence-corrected chi connectivity index (χ0v) is 14.3. The molecule has 5 nitrogen and oxygen atoms in total. The highest BCUT2D eigenvalue weighted by atomic mass is 35.5. The summed E-state index contributed by atoms with van der Waals surface area (Å²) < 4.78 is 23.7. The Labute approximate surface area is 149 Å². The number of ether oxygens (including phenoxy) is 2. The molecule has 0 heterocycles. The fraction of sp³-hybridized carbons (Fsp3) is 0.222. The molecule has 25 heavy (non-hydrogen) atoms. The van der Waals surface area contributed by atoms with E-state index >= 15 is 0 Å². The molecule has 0 atom stereocenters. The van der Waals surface area contributed by atoms with E-state index in [2.05, 4.69) is 0 Å². The highest BCUT2D eigenvalue weighted by molar-refractivity contribution is 6.32. The number of para-hydroxylation sites is 1. The van der Waals surface area contributed by atoms with Gasteiger partial charge in [-0.25, -0.2) is 9.18 Å². The van der Waals surface area contributed by atoms with Crippen molar-refractivity contribution in [2.24, 2.45) is 0 Å². The molecule has 2 aromatic carbocycles. The molecule has 0 radical (unpaired) electrons. The van der Waals surface area contributed by atoms with Gasteiger partial charge in [0.1, 0.15) is 11.6 Å². The van der Waals surface area contributed by atoms with Crippen molar-refractivity contribution in [2.45, 2.75) is 6.54 Å². The van der Waals surface area contributed by atoms with Gasteiger partial charge in [-0.2, -0.15) is 0 Å². The van der Waals surface area contributed by atoms with E-state index in [1.165, 1.54) is 18.0 Å². The highest BCUT2D eigenvalue weighted by Gasteiger charge is 2.14. The molecule has 1 amide bonds. The van der Waals surface area contributed by atoms with Crippen LogP contribution in [0.2, 0.25) is 5.02 Å². The lowest BCUT2D eigenvalue weighted by atomic mass is 10.2. The van der Waals surface area contributed by atoms with Crippen LogP contribution in [0.4, 0.5) is 4.39 Å². The van der Waals surface area contributed by atoms with Crippen molar-refractivity contribution in [2.75, 3.05) is 20.3 Å². The molecule has 7 heteroatoms. The van der Waals surface area contributed by atoms with Crippen molar-refractivity contribution < 1.29 is 23.5 Å². The Morgan fingerprint density at radius 3 is 2.48 bits per heavy atom. The first-order valence-corrected chi connectivity index (χ1v) is 7.85. The minimum atomic E-state index is -0.701. The summed E-state index contributed by atoms with van der Waals surface area (Å²) in [5, 5.41) is 0.371. The molecular weight excluding hydrogens is 349 g/mol. The Bertz CT molecular complexity index is 753. The lowest BCUT2D eigenvalue weighted by molar-refractivity contribution is -0.153. The SMILES string of the molecule is CN(Cc1ccccc1F)C(=O)COC(=O)COc1ccccc1Cl. The molecule has 2 aromatic rings. The monoisotopic (exact) mass is 365 g/mol. The fourth-order valence-electron chi connectivity index (χ4n) is 1.96. The van der Waals surface area contributed by atoms with Crippen LogP contribution in [0, 0.1) is 5.82 Å². The number of carbonyl (C=O) groups excluding carboxylic acids is 2. The van der Waals surface area contributed by atoms with E-state index in [1.54, 1.807) is 42.5 Å². The standard InChI is InChI=1S/C18H17ClFNO4/c1-21(10-13-6-2-4-8-15(13)20)17(22)11-25-18(23)12-24-16-9-5-3-7-14(16)19/h2-9H,10-12H2,1H3. The zero-order valence-electron chi connectivity index (χ0n) is 13.6. The molecular formula is C18H17ClFNO4. The number of hydrogen-bond donors (Lipinski definition) is 0. The van der Waals surface area contributed by atoms with Crippen LogP contribution in [0.15, 0.2) is 48.5 Å². The average Bonchev–Trinajstić information content (AvgIpc) is 2.60. The first-order chi connectivity index (χ1) is 12.0. The van der Waals surface area contributed by atoms with Gasteiger partial charge < -0.3 is 14.4 Å². The Balaban J connectivity index is 1.76. The minimum absolute atomic E-state index is 0.0825. The van der Waals surface area contributed by atoms with Crippen LogP contribution in [0.1, 0.15) is 5.56 Å². The number of nitrogens with zero attached hydrogens (tertiary/aromatic N) is 1. The lowest BCUT2D eigenvalue weighted by Gasteiger charge is -2.17. The Kier molecular flexibility index (Phi) is 6.77. The van der Waals surface area contributed by atoms with Crippen molar-refractivity contribution in [3.8, 4) is 5.75 Å². The van der Waals surface area contributed by atoms with E-state index in [0.717, 1.165) is 0 Å². The molecule has 0 fully saturated rings. The Hall–Kier alpha value is -2.60. The van der Waals surface area contributed by atoms with Gasteiger partial charge in [0, 0.05) is 19.2 Å². The van der Waals surface area contributed by atoms with Crippen molar-refractivity contribution in [1.82, 2.24) is 4.90 Å². The summed E-state index contributed by atoms with van der Waals surface area (Å²) in [5.74, 6) is -1.20. The van der Waals surface area contributed by atoms with E-state index in [-0.39, 0.29) is 13.2 Å². The maximum absolute atomic E-state index is 13.6. The van der Waals surface area contributed by atoms with E-state index < -0.39 is 24.3 Å². The number of likely N-dealkylation sites (N-methyl/N-ethyl adjacent to an activating group) is 1. The van der Waals surface area contributed by atoms with Crippen LogP contribution >= 0.6 is 11.6 Å². The molecule has 0 aliphatic carbocycles. The van der Waals surface area contributed by atoms with Crippen LogP contribution < -0.4 is 4.74 Å². The zero-order chi connectivity index (χ0) is 18.2. The summed E-state index contributed by atoms with van der Waals surface area (Å²) in [4.78, 5) is 24.9. The third-order valence-electron chi connectivity index (χ3n) is 3.33. The highest BCUT2D eigenvalue weighted by Crippen LogP contribution is 2.22. The predicted molar refractivity (Wildman–Crippen MR) is 90.8 cm³/mol. The summed E-state index contributed by atoms with van der Waals surface area (Å²) in [6.07, 6.45) is 0. The summed E-state index contributed by atoms with van der Waals surface area (Å²) in [6.45, 7) is -0.733. The minimum Gasteiger partial charge on any atom is -0.480 e. The van der Waals surface area contributed by atoms with Gasteiger partial charge >= 0.3 is 5.97 Å². The van der Waals surface area contributed by atoms with Crippen LogP contribution in [-0.4, -0.2) is 37.0 Å². The van der Waals surface area contributed by atoms with Crippen molar-refractivity contribution in [1.29, 1.82) is 0 Å². The maximum atomic E-state index is 13.6. The van der Waals surface area contributed by atoms with E-state index in [9.17, 15) is 14.0 Å². The lowest BCUT2D eigenvalue weighted by Crippen LogP contribution is -2.31. The molecule has 132 valence electrons. The van der Waals surface area contributed by atoms with E-state index in [4.69, 9.17) is 21.1 Å². The van der Waals surface area contributed by atoms with Crippen LogP contribution in [-0.2, 0) is 20.9 Å². The Morgan fingerprint density at radius 1 is 1.08 bits per heavy atom. The van der Waals surface area contributed by atoms with Crippen LogP contribution in [0.25, 0.3) is 0 Å². The van der Waals surface area contributed by atoms with Gasteiger partial charge in [-0.05, 0) is 18.2 Å². The van der Waals surface area contributed by atoms with Gasteiger partial charge in [-0.1, -0.05) is 41.9 Å². The molecule has 0 bridgehead atoms. The van der Waals surface area contributed by atoms with Crippen LogP contribution in [0.3, 0.4) is 0 Å². The molecule has 0 aliphatic heterocycles. The molecule has 0 unspecified atom stereocenters. The molecule has 0 saturated heterocycles.